The Morgan fingerprint density at radius 2 is 1.90 bits per heavy atom. The van der Waals surface area contributed by atoms with Crippen molar-refractivity contribution in [2.75, 3.05) is 5.32 Å². The lowest BCUT2D eigenvalue weighted by Crippen LogP contribution is -2.24. The van der Waals surface area contributed by atoms with E-state index in [0.29, 0.717) is 28.6 Å². The number of nitrogens with one attached hydrogen (secondary N) is 2. The van der Waals surface area contributed by atoms with Crippen LogP contribution in [0.1, 0.15) is 38.4 Å². The molecule has 0 radical (unpaired) electrons. The summed E-state index contributed by atoms with van der Waals surface area (Å²) >= 11 is 1.37. The van der Waals surface area contributed by atoms with E-state index in [4.69, 9.17) is 4.42 Å². The fraction of sp³-hybridized carbons (Fsp3) is 0.174. The Kier molecular flexibility index (Phi) is 5.99. The first-order chi connectivity index (χ1) is 15.1. The molecule has 4 aromatic rings. The zero-order chi connectivity index (χ0) is 21.8. The molecule has 31 heavy (non-hydrogen) atoms. The maximum absolute atomic E-state index is 13.2. The molecule has 3 aromatic heterocycles. The van der Waals surface area contributed by atoms with Gasteiger partial charge in [-0.25, -0.2) is 0 Å². The molecule has 2 amide bonds. The van der Waals surface area contributed by atoms with Crippen LogP contribution >= 0.6 is 11.3 Å². The lowest BCUT2D eigenvalue weighted by atomic mass is 10.0. The summed E-state index contributed by atoms with van der Waals surface area (Å²) < 4.78 is 6.99. The molecule has 0 fully saturated rings. The maximum Gasteiger partial charge on any atom is 0.276 e. The van der Waals surface area contributed by atoms with Crippen molar-refractivity contribution in [3.63, 3.8) is 0 Å². The number of hydrogen-bond acceptors (Lipinski definition) is 5. The molecule has 158 valence electrons. The Morgan fingerprint density at radius 3 is 2.58 bits per heavy atom. The third-order valence-electron chi connectivity index (χ3n) is 4.80. The highest BCUT2D eigenvalue weighted by Crippen LogP contribution is 2.40. The molecule has 2 N–H and O–H groups in total. The first-order valence-corrected chi connectivity index (χ1v) is 10.7. The third-order valence-corrected chi connectivity index (χ3v) is 5.82. The number of hydrogen-bond donors (Lipinski definition) is 2. The molecule has 0 saturated carbocycles. The van der Waals surface area contributed by atoms with Gasteiger partial charge in [0.05, 0.1) is 18.4 Å². The number of rotatable bonds is 7. The zero-order valence-corrected chi connectivity index (χ0v) is 18.0. The number of anilines is 1. The summed E-state index contributed by atoms with van der Waals surface area (Å²) in [5, 5.41) is 10.5. The summed E-state index contributed by atoms with van der Waals surface area (Å²) in [6, 6.07) is 14.9. The SMILES string of the molecule is CCn1ccc(C(=O)Nc2sc(C)c(-c3ccccc3)c2C(=O)NCc2ccco2)n1. The predicted octanol–water partition coefficient (Wildman–Crippen LogP) is 4.72. The lowest BCUT2D eigenvalue weighted by Gasteiger charge is -2.10. The first kappa shape index (κ1) is 20.6. The normalized spacial score (nSPS) is 10.8. The van der Waals surface area contributed by atoms with Crippen LogP contribution in [0.3, 0.4) is 0 Å². The third kappa shape index (κ3) is 4.44. The number of amides is 2. The number of aryl methyl sites for hydroxylation is 2. The van der Waals surface area contributed by atoms with Crippen molar-refractivity contribution in [3.05, 3.63) is 82.9 Å². The van der Waals surface area contributed by atoms with Crippen molar-refractivity contribution in [2.24, 2.45) is 0 Å². The van der Waals surface area contributed by atoms with Gasteiger partial charge >= 0.3 is 0 Å². The quantitative estimate of drug-likeness (QED) is 0.441. The predicted molar refractivity (Wildman–Crippen MR) is 120 cm³/mol. The van der Waals surface area contributed by atoms with Gasteiger partial charge in [-0.15, -0.1) is 11.3 Å². The van der Waals surface area contributed by atoms with Crippen LogP contribution in [-0.2, 0) is 13.1 Å². The molecule has 1 aromatic carbocycles. The van der Waals surface area contributed by atoms with Crippen LogP contribution < -0.4 is 10.6 Å². The summed E-state index contributed by atoms with van der Waals surface area (Å²) in [6.07, 6.45) is 3.31. The van der Waals surface area contributed by atoms with Gasteiger partial charge in [-0.3, -0.25) is 14.3 Å². The van der Waals surface area contributed by atoms with Crippen LogP contribution in [0.4, 0.5) is 5.00 Å². The van der Waals surface area contributed by atoms with Crippen molar-refractivity contribution in [1.29, 1.82) is 0 Å². The number of thiophene rings is 1. The van der Waals surface area contributed by atoms with E-state index >= 15 is 0 Å². The molecule has 3 heterocycles. The van der Waals surface area contributed by atoms with E-state index in [0.717, 1.165) is 16.0 Å². The van der Waals surface area contributed by atoms with Crippen molar-refractivity contribution in [1.82, 2.24) is 15.1 Å². The molecular weight excluding hydrogens is 412 g/mol. The van der Waals surface area contributed by atoms with Gasteiger partial charge in [0.15, 0.2) is 5.69 Å². The van der Waals surface area contributed by atoms with Crippen molar-refractivity contribution >= 4 is 28.2 Å². The minimum Gasteiger partial charge on any atom is -0.467 e. The van der Waals surface area contributed by atoms with Gasteiger partial charge in [-0.2, -0.15) is 5.10 Å². The minimum atomic E-state index is -0.354. The molecule has 0 aliphatic heterocycles. The molecule has 4 rings (SSSR count). The van der Waals surface area contributed by atoms with E-state index in [1.54, 1.807) is 35.3 Å². The molecule has 8 heteroatoms. The molecule has 0 bridgehead atoms. The molecule has 0 aliphatic rings. The van der Waals surface area contributed by atoms with Gasteiger partial charge in [0.1, 0.15) is 10.8 Å². The molecule has 0 aliphatic carbocycles. The number of furan rings is 1. The van der Waals surface area contributed by atoms with E-state index in [1.807, 2.05) is 44.2 Å². The van der Waals surface area contributed by atoms with E-state index in [9.17, 15) is 9.59 Å². The average molecular weight is 435 g/mol. The Hall–Kier alpha value is -3.65. The second kappa shape index (κ2) is 9.01. The van der Waals surface area contributed by atoms with E-state index in [1.165, 1.54) is 11.3 Å². The second-order valence-electron chi connectivity index (χ2n) is 6.88. The van der Waals surface area contributed by atoms with Crippen LogP contribution in [-0.4, -0.2) is 21.6 Å². The number of carbonyl (C=O) groups excluding carboxylic acids is 2. The van der Waals surface area contributed by atoms with Crippen LogP contribution in [0.15, 0.2) is 65.4 Å². The fourth-order valence-electron chi connectivity index (χ4n) is 3.30. The standard InChI is InChI=1S/C23H22N4O3S/c1-3-27-12-11-18(26-27)21(28)25-23-20(22(29)24-14-17-10-7-13-30-17)19(15(2)31-23)16-8-5-4-6-9-16/h4-13H,3,14H2,1-2H3,(H,24,29)(H,25,28). The Morgan fingerprint density at radius 1 is 1.10 bits per heavy atom. The highest BCUT2D eigenvalue weighted by atomic mass is 32.1. The van der Waals surface area contributed by atoms with Crippen LogP contribution in [0.25, 0.3) is 11.1 Å². The molecule has 0 spiro atoms. The topological polar surface area (TPSA) is 89.2 Å². The van der Waals surface area contributed by atoms with E-state index in [-0.39, 0.29) is 18.4 Å². The number of aromatic nitrogens is 2. The summed E-state index contributed by atoms with van der Waals surface area (Å²) in [4.78, 5) is 26.9. The van der Waals surface area contributed by atoms with Gasteiger partial charge in [-0.05, 0) is 37.6 Å². The van der Waals surface area contributed by atoms with Crippen LogP contribution in [0.2, 0.25) is 0 Å². The van der Waals surface area contributed by atoms with Gasteiger partial charge in [-0.1, -0.05) is 30.3 Å². The summed E-state index contributed by atoms with van der Waals surface area (Å²) in [5.74, 6) is 0.0133. The van der Waals surface area contributed by atoms with Gasteiger partial charge in [0, 0.05) is 23.2 Å². The van der Waals surface area contributed by atoms with E-state index < -0.39 is 0 Å². The van der Waals surface area contributed by atoms with Crippen molar-refractivity contribution in [2.45, 2.75) is 26.9 Å². The van der Waals surface area contributed by atoms with Crippen LogP contribution in [0.5, 0.6) is 0 Å². The lowest BCUT2D eigenvalue weighted by molar-refractivity contribution is 0.0950. The van der Waals surface area contributed by atoms with E-state index in [2.05, 4.69) is 15.7 Å². The van der Waals surface area contributed by atoms with Gasteiger partial charge < -0.3 is 15.1 Å². The largest absolute Gasteiger partial charge is 0.467 e. The fourth-order valence-corrected chi connectivity index (χ4v) is 4.37. The van der Waals surface area contributed by atoms with Crippen LogP contribution in [0, 0.1) is 6.92 Å². The van der Waals surface area contributed by atoms with Gasteiger partial charge in [0.2, 0.25) is 0 Å². The number of benzene rings is 1. The first-order valence-electron chi connectivity index (χ1n) is 9.91. The minimum absolute atomic E-state index is 0.253. The van der Waals surface area contributed by atoms with Gasteiger partial charge in [0.25, 0.3) is 11.8 Å². The Balaban J connectivity index is 1.68. The Labute approximate surface area is 183 Å². The molecule has 0 atom stereocenters. The average Bonchev–Trinajstić information content (AvgIpc) is 3.52. The molecule has 7 nitrogen and oxygen atoms in total. The molecular formula is C23H22N4O3S. The summed E-state index contributed by atoms with van der Waals surface area (Å²) in [7, 11) is 0. The number of carbonyl (C=O) groups is 2. The smallest absolute Gasteiger partial charge is 0.276 e. The monoisotopic (exact) mass is 434 g/mol. The summed E-state index contributed by atoms with van der Waals surface area (Å²) in [6.45, 7) is 4.82. The maximum atomic E-state index is 13.2. The highest BCUT2D eigenvalue weighted by Gasteiger charge is 2.25. The molecule has 0 saturated heterocycles. The Bertz CT molecular complexity index is 1190. The molecule has 0 unspecified atom stereocenters. The van der Waals surface area contributed by atoms with Crippen molar-refractivity contribution in [3.8, 4) is 11.1 Å². The number of nitrogens with zero attached hydrogens (tertiary/aromatic N) is 2. The highest BCUT2D eigenvalue weighted by molar-refractivity contribution is 7.17. The second-order valence-corrected chi connectivity index (χ2v) is 8.10. The zero-order valence-electron chi connectivity index (χ0n) is 17.2. The summed E-state index contributed by atoms with van der Waals surface area (Å²) in [5.41, 5.74) is 2.45. The van der Waals surface area contributed by atoms with Crippen molar-refractivity contribution < 1.29 is 14.0 Å².